The molecule has 0 atom stereocenters. The van der Waals surface area contributed by atoms with Gasteiger partial charge in [0, 0.05) is 24.5 Å². The number of benzene rings is 1. The first-order valence-corrected chi connectivity index (χ1v) is 7.53. The summed E-state index contributed by atoms with van der Waals surface area (Å²) in [5.74, 6) is 0.447. The number of hydrogen-bond acceptors (Lipinski definition) is 4. The van der Waals surface area contributed by atoms with Crippen molar-refractivity contribution in [3.63, 3.8) is 0 Å². The van der Waals surface area contributed by atoms with Crippen LogP contribution in [0.2, 0.25) is 0 Å². The molecule has 118 valence electrons. The van der Waals surface area contributed by atoms with E-state index >= 15 is 0 Å². The van der Waals surface area contributed by atoms with E-state index in [1.807, 2.05) is 30.3 Å². The van der Waals surface area contributed by atoms with Gasteiger partial charge in [0.05, 0.1) is 22.8 Å². The molecule has 4 rings (SSSR count). The molecule has 6 heteroatoms. The van der Waals surface area contributed by atoms with Crippen LogP contribution in [-0.4, -0.2) is 20.2 Å². The Labute approximate surface area is 137 Å². The number of fused-ring (bicyclic) bond motifs is 1. The standard InChI is InChI=1S/C18H14FN5/c19-15-7-6-12(17-14(15)11-23-24-17)10-22-18-13(4-3-9-21-18)16-5-1-2-8-20-16/h1-9,11H,10H2,(H,21,22)(H,23,24). The first kappa shape index (κ1) is 14.3. The SMILES string of the molecule is Fc1ccc(CNc2ncccc2-c2ccccn2)c2[nH]ncc12. The molecule has 3 heterocycles. The van der Waals surface area contributed by atoms with E-state index < -0.39 is 0 Å². The van der Waals surface area contributed by atoms with Crippen LogP contribution in [-0.2, 0) is 6.54 Å². The molecule has 0 saturated heterocycles. The molecular formula is C18H14FN5. The van der Waals surface area contributed by atoms with Gasteiger partial charge in [-0.3, -0.25) is 10.1 Å². The normalized spacial score (nSPS) is 10.9. The fourth-order valence-corrected chi connectivity index (χ4v) is 2.66. The van der Waals surface area contributed by atoms with Crippen LogP contribution in [0.25, 0.3) is 22.2 Å². The Morgan fingerprint density at radius 3 is 2.79 bits per heavy atom. The summed E-state index contributed by atoms with van der Waals surface area (Å²) in [7, 11) is 0. The van der Waals surface area contributed by atoms with Gasteiger partial charge in [-0.05, 0) is 35.9 Å². The highest BCUT2D eigenvalue weighted by Crippen LogP contribution is 2.25. The summed E-state index contributed by atoms with van der Waals surface area (Å²) in [5.41, 5.74) is 3.37. The zero-order chi connectivity index (χ0) is 16.4. The summed E-state index contributed by atoms with van der Waals surface area (Å²) in [5, 5.41) is 10.6. The number of nitrogens with zero attached hydrogens (tertiary/aromatic N) is 3. The number of aromatic amines is 1. The van der Waals surface area contributed by atoms with Gasteiger partial charge in [0.2, 0.25) is 0 Å². The van der Waals surface area contributed by atoms with Crippen LogP contribution >= 0.6 is 0 Å². The molecule has 0 bridgehead atoms. The molecule has 0 aliphatic rings. The first-order chi connectivity index (χ1) is 11.8. The summed E-state index contributed by atoms with van der Waals surface area (Å²) in [6, 6.07) is 12.8. The molecular weight excluding hydrogens is 305 g/mol. The van der Waals surface area contributed by atoms with Gasteiger partial charge in [-0.2, -0.15) is 5.10 Å². The zero-order valence-corrected chi connectivity index (χ0v) is 12.7. The first-order valence-electron chi connectivity index (χ1n) is 7.53. The Morgan fingerprint density at radius 2 is 1.92 bits per heavy atom. The second kappa shape index (κ2) is 6.08. The smallest absolute Gasteiger partial charge is 0.135 e. The maximum Gasteiger partial charge on any atom is 0.135 e. The van der Waals surface area contributed by atoms with Crippen molar-refractivity contribution in [1.29, 1.82) is 0 Å². The highest BCUT2D eigenvalue weighted by Gasteiger charge is 2.10. The Bertz CT molecular complexity index is 981. The fourth-order valence-electron chi connectivity index (χ4n) is 2.66. The second-order valence-electron chi connectivity index (χ2n) is 5.33. The predicted octanol–water partition coefficient (Wildman–Crippen LogP) is 3.77. The van der Waals surface area contributed by atoms with Gasteiger partial charge in [-0.1, -0.05) is 12.1 Å². The molecule has 0 unspecified atom stereocenters. The lowest BCUT2D eigenvalue weighted by molar-refractivity contribution is 0.639. The van der Waals surface area contributed by atoms with E-state index in [0.717, 1.165) is 22.6 Å². The largest absolute Gasteiger partial charge is 0.365 e. The molecule has 4 aromatic rings. The van der Waals surface area contributed by atoms with Crippen LogP contribution in [0.5, 0.6) is 0 Å². The zero-order valence-electron chi connectivity index (χ0n) is 12.7. The molecule has 0 spiro atoms. The molecule has 0 fully saturated rings. The maximum atomic E-state index is 13.7. The van der Waals surface area contributed by atoms with Crippen molar-refractivity contribution in [1.82, 2.24) is 20.2 Å². The minimum Gasteiger partial charge on any atom is -0.365 e. The van der Waals surface area contributed by atoms with Crippen LogP contribution in [0.3, 0.4) is 0 Å². The summed E-state index contributed by atoms with van der Waals surface area (Å²) < 4.78 is 13.7. The van der Waals surface area contributed by atoms with Crippen LogP contribution in [0.15, 0.2) is 61.1 Å². The van der Waals surface area contributed by atoms with Crippen LogP contribution < -0.4 is 5.32 Å². The number of H-pyrrole nitrogens is 1. The monoisotopic (exact) mass is 319 g/mol. The third kappa shape index (κ3) is 2.58. The van der Waals surface area contributed by atoms with Crippen molar-refractivity contribution < 1.29 is 4.39 Å². The average Bonchev–Trinajstić information content (AvgIpc) is 3.13. The second-order valence-corrected chi connectivity index (χ2v) is 5.33. The quantitative estimate of drug-likeness (QED) is 0.601. The summed E-state index contributed by atoms with van der Waals surface area (Å²) in [4.78, 5) is 8.78. The predicted molar refractivity (Wildman–Crippen MR) is 90.8 cm³/mol. The number of halogens is 1. The minimum atomic E-state index is -0.283. The van der Waals surface area contributed by atoms with Crippen molar-refractivity contribution in [3.05, 3.63) is 72.4 Å². The van der Waals surface area contributed by atoms with Gasteiger partial charge >= 0.3 is 0 Å². The van der Waals surface area contributed by atoms with E-state index in [0.29, 0.717) is 17.4 Å². The highest BCUT2D eigenvalue weighted by atomic mass is 19.1. The highest BCUT2D eigenvalue weighted by molar-refractivity contribution is 5.82. The van der Waals surface area contributed by atoms with Gasteiger partial charge in [0.1, 0.15) is 11.6 Å². The van der Waals surface area contributed by atoms with E-state index in [-0.39, 0.29) is 5.82 Å². The molecule has 2 N–H and O–H groups in total. The van der Waals surface area contributed by atoms with Crippen molar-refractivity contribution >= 4 is 16.7 Å². The van der Waals surface area contributed by atoms with E-state index in [2.05, 4.69) is 25.5 Å². The van der Waals surface area contributed by atoms with Gasteiger partial charge in [-0.25, -0.2) is 9.37 Å². The Morgan fingerprint density at radius 1 is 1.00 bits per heavy atom. The molecule has 0 aliphatic heterocycles. The van der Waals surface area contributed by atoms with E-state index in [1.54, 1.807) is 18.5 Å². The summed E-state index contributed by atoms with van der Waals surface area (Å²) in [6.07, 6.45) is 4.97. The van der Waals surface area contributed by atoms with Gasteiger partial charge in [0.15, 0.2) is 0 Å². The average molecular weight is 319 g/mol. The lowest BCUT2D eigenvalue weighted by Crippen LogP contribution is -2.04. The number of nitrogens with one attached hydrogen (secondary N) is 2. The van der Waals surface area contributed by atoms with Crippen molar-refractivity contribution in [2.75, 3.05) is 5.32 Å². The molecule has 1 aromatic carbocycles. The molecule has 0 radical (unpaired) electrons. The maximum absolute atomic E-state index is 13.7. The van der Waals surface area contributed by atoms with Gasteiger partial charge in [0.25, 0.3) is 0 Å². The van der Waals surface area contributed by atoms with Gasteiger partial charge < -0.3 is 5.32 Å². The van der Waals surface area contributed by atoms with Crippen LogP contribution in [0.4, 0.5) is 10.2 Å². The Kier molecular flexibility index (Phi) is 3.63. The number of pyridine rings is 2. The molecule has 3 aromatic heterocycles. The number of rotatable bonds is 4. The van der Waals surface area contributed by atoms with Crippen LogP contribution in [0.1, 0.15) is 5.56 Å². The number of hydrogen-bond donors (Lipinski definition) is 2. The Hall–Kier alpha value is -3.28. The molecule has 5 nitrogen and oxygen atoms in total. The van der Waals surface area contributed by atoms with Crippen LogP contribution in [0, 0.1) is 5.82 Å². The van der Waals surface area contributed by atoms with E-state index in [4.69, 9.17) is 0 Å². The molecule has 0 amide bonds. The van der Waals surface area contributed by atoms with Crippen molar-refractivity contribution in [2.24, 2.45) is 0 Å². The lowest BCUT2D eigenvalue weighted by atomic mass is 10.1. The summed E-state index contributed by atoms with van der Waals surface area (Å²) in [6.45, 7) is 0.496. The third-order valence-electron chi connectivity index (χ3n) is 3.84. The topological polar surface area (TPSA) is 66.5 Å². The fraction of sp³-hybridized carbons (Fsp3) is 0.0556. The molecule has 0 saturated carbocycles. The van der Waals surface area contributed by atoms with Crippen molar-refractivity contribution in [3.8, 4) is 11.3 Å². The lowest BCUT2D eigenvalue weighted by Gasteiger charge is -2.11. The summed E-state index contributed by atoms with van der Waals surface area (Å²) >= 11 is 0. The van der Waals surface area contributed by atoms with Gasteiger partial charge in [-0.15, -0.1) is 0 Å². The Balaban J connectivity index is 1.65. The van der Waals surface area contributed by atoms with E-state index in [1.165, 1.54) is 12.3 Å². The molecule has 24 heavy (non-hydrogen) atoms. The number of anilines is 1. The minimum absolute atomic E-state index is 0.283. The van der Waals surface area contributed by atoms with E-state index in [9.17, 15) is 4.39 Å². The third-order valence-corrected chi connectivity index (χ3v) is 3.84. The number of aromatic nitrogens is 4. The van der Waals surface area contributed by atoms with Crippen molar-refractivity contribution in [2.45, 2.75) is 6.54 Å². The molecule has 0 aliphatic carbocycles.